The molecule has 3 amide bonds. The van der Waals surface area contributed by atoms with Gasteiger partial charge in [-0.25, -0.2) is 13.4 Å². The first kappa shape index (κ1) is 26.1. The van der Waals surface area contributed by atoms with Gasteiger partial charge in [-0.3, -0.25) is 19.7 Å². The summed E-state index contributed by atoms with van der Waals surface area (Å²) >= 11 is 0. The zero-order chi connectivity index (χ0) is 27.2. The number of halogens is 3. The topological polar surface area (TPSA) is 120 Å². The maximum absolute atomic E-state index is 13.7. The normalized spacial score (nSPS) is 21.3. The summed E-state index contributed by atoms with van der Waals surface area (Å²) in [4.78, 5) is 43.9. The molecule has 1 aromatic carbocycles. The molecule has 10 nitrogen and oxygen atoms in total. The Labute approximate surface area is 216 Å². The van der Waals surface area contributed by atoms with E-state index in [1.165, 1.54) is 33.5 Å². The van der Waals surface area contributed by atoms with Crippen LogP contribution < -0.4 is 10.2 Å². The van der Waals surface area contributed by atoms with Gasteiger partial charge in [-0.2, -0.15) is 17.5 Å². The molecule has 2 aromatic rings. The van der Waals surface area contributed by atoms with Crippen LogP contribution in [0.25, 0.3) is 0 Å². The number of anilines is 1. The van der Waals surface area contributed by atoms with Gasteiger partial charge in [0, 0.05) is 56.5 Å². The smallest absolute Gasteiger partial charge is 0.355 e. The van der Waals surface area contributed by atoms with E-state index in [1.807, 2.05) is 0 Å². The van der Waals surface area contributed by atoms with Crippen LogP contribution in [0.2, 0.25) is 0 Å². The Balaban J connectivity index is 1.34. The number of hydrogen-bond acceptors (Lipinski definition) is 7. The number of piperidine rings is 1. The molecule has 4 heterocycles. The quantitative estimate of drug-likeness (QED) is 0.575. The molecular weight excluding hydrogens is 527 g/mol. The van der Waals surface area contributed by atoms with Gasteiger partial charge in [0.15, 0.2) is 0 Å². The van der Waals surface area contributed by atoms with E-state index in [4.69, 9.17) is 0 Å². The fourth-order valence-electron chi connectivity index (χ4n) is 5.04. The predicted octanol–water partition coefficient (Wildman–Crippen LogP) is 1.76. The van der Waals surface area contributed by atoms with Gasteiger partial charge in [0.1, 0.15) is 11.9 Å². The van der Waals surface area contributed by atoms with Gasteiger partial charge < -0.3 is 9.80 Å². The average Bonchev–Trinajstić information content (AvgIpc) is 3.04. The maximum atomic E-state index is 13.7. The Bertz CT molecular complexity index is 1400. The van der Waals surface area contributed by atoms with Crippen LogP contribution in [-0.2, 0) is 32.3 Å². The molecule has 2 fully saturated rings. The summed E-state index contributed by atoms with van der Waals surface area (Å²) in [5.41, 5.74) is -0.368. The van der Waals surface area contributed by atoms with Crippen LogP contribution in [0.1, 0.15) is 40.7 Å². The van der Waals surface area contributed by atoms with Gasteiger partial charge in [0.25, 0.3) is 5.91 Å². The Morgan fingerprint density at radius 2 is 1.79 bits per heavy atom. The van der Waals surface area contributed by atoms with E-state index in [2.05, 4.69) is 10.3 Å². The number of sulfonamides is 1. The third-order valence-electron chi connectivity index (χ3n) is 7.01. The molecule has 0 saturated carbocycles. The predicted molar refractivity (Wildman–Crippen MR) is 127 cm³/mol. The van der Waals surface area contributed by atoms with Crippen molar-refractivity contribution >= 4 is 33.6 Å². The molecule has 0 aliphatic carbocycles. The Hall–Kier alpha value is -3.52. The lowest BCUT2D eigenvalue weighted by molar-refractivity contribution is -0.138. The second kappa shape index (κ2) is 9.66. The molecule has 1 unspecified atom stereocenters. The summed E-state index contributed by atoms with van der Waals surface area (Å²) in [6.45, 7) is 0.783. The van der Waals surface area contributed by atoms with Crippen molar-refractivity contribution in [1.29, 1.82) is 0 Å². The summed E-state index contributed by atoms with van der Waals surface area (Å²) in [6, 6.07) is 5.77. The van der Waals surface area contributed by atoms with Crippen molar-refractivity contribution in [1.82, 2.24) is 19.5 Å². The molecule has 1 N–H and O–H groups in total. The molecule has 3 aliphatic rings. The van der Waals surface area contributed by atoms with Gasteiger partial charge in [0.05, 0.1) is 10.5 Å². The van der Waals surface area contributed by atoms with Crippen LogP contribution in [0.3, 0.4) is 0 Å². The fourth-order valence-corrected chi connectivity index (χ4v) is 6.75. The molecule has 0 spiro atoms. The van der Waals surface area contributed by atoms with Crippen LogP contribution in [0.4, 0.5) is 19.0 Å². The van der Waals surface area contributed by atoms with Crippen molar-refractivity contribution in [3.05, 3.63) is 53.2 Å². The van der Waals surface area contributed by atoms with Crippen molar-refractivity contribution in [2.45, 2.75) is 42.9 Å². The van der Waals surface area contributed by atoms with Crippen molar-refractivity contribution in [2.24, 2.45) is 0 Å². The molecule has 0 radical (unpaired) electrons. The lowest BCUT2D eigenvalue weighted by atomic mass is 10.0. The monoisotopic (exact) mass is 551 g/mol. The first-order chi connectivity index (χ1) is 18.0. The van der Waals surface area contributed by atoms with Crippen molar-refractivity contribution in [3.63, 3.8) is 0 Å². The molecule has 202 valence electrons. The number of amides is 3. The SMILES string of the molecule is O=C1CCC(N2Cc3c(cccc3S(=O)(=O)N3CCCN(c4ccc(C(F)(F)F)cn4)CC3)C2=O)C(=O)N1. The summed E-state index contributed by atoms with van der Waals surface area (Å²) in [5, 5.41) is 2.22. The van der Waals surface area contributed by atoms with E-state index in [0.717, 1.165) is 12.3 Å². The van der Waals surface area contributed by atoms with Crippen LogP contribution in [0.5, 0.6) is 0 Å². The molecule has 1 aromatic heterocycles. The largest absolute Gasteiger partial charge is 0.417 e. The average molecular weight is 552 g/mol. The lowest BCUT2D eigenvalue weighted by Gasteiger charge is -2.29. The number of fused-ring (bicyclic) bond motifs is 1. The van der Waals surface area contributed by atoms with Gasteiger partial charge in [0.2, 0.25) is 21.8 Å². The summed E-state index contributed by atoms with van der Waals surface area (Å²) in [6.07, 6.45) is -3.09. The Morgan fingerprint density at radius 3 is 2.47 bits per heavy atom. The lowest BCUT2D eigenvalue weighted by Crippen LogP contribution is -2.52. The third kappa shape index (κ3) is 4.73. The van der Waals surface area contributed by atoms with E-state index in [-0.39, 0.29) is 49.5 Å². The Kier molecular flexibility index (Phi) is 6.63. The van der Waals surface area contributed by atoms with Gasteiger partial charge in [-0.05, 0) is 37.1 Å². The minimum absolute atomic E-state index is 0.0285. The number of carbonyl (C=O) groups is 3. The van der Waals surface area contributed by atoms with Crippen LogP contribution in [0, 0.1) is 0 Å². The van der Waals surface area contributed by atoms with Crippen molar-refractivity contribution in [2.75, 3.05) is 31.1 Å². The number of carbonyl (C=O) groups excluding carboxylic acids is 3. The molecule has 5 rings (SSSR count). The minimum Gasteiger partial charge on any atom is -0.355 e. The number of imide groups is 1. The zero-order valence-corrected chi connectivity index (χ0v) is 20.9. The number of hydrogen-bond donors (Lipinski definition) is 1. The minimum atomic E-state index is -4.50. The van der Waals surface area contributed by atoms with E-state index < -0.39 is 45.5 Å². The van der Waals surface area contributed by atoms with Crippen LogP contribution in [-0.4, -0.2) is 72.5 Å². The molecule has 2 saturated heterocycles. The highest BCUT2D eigenvalue weighted by molar-refractivity contribution is 7.89. The molecule has 1 atom stereocenters. The number of pyridine rings is 1. The first-order valence-corrected chi connectivity index (χ1v) is 13.5. The standard InChI is InChI=1S/C24H24F3N5O5S/c25-24(26,27)15-5-7-20(28-13-15)30-9-2-10-31(12-11-30)38(36,37)19-4-1-3-16-17(19)14-32(23(16)35)18-6-8-21(33)29-22(18)34/h1,3-5,7,13,18H,2,6,8-12,14H2,(H,29,33,34). The highest BCUT2D eigenvalue weighted by atomic mass is 32.2. The van der Waals surface area contributed by atoms with Crippen LogP contribution in [0.15, 0.2) is 41.4 Å². The molecule has 3 aliphatic heterocycles. The van der Waals surface area contributed by atoms with Crippen LogP contribution >= 0.6 is 0 Å². The molecule has 14 heteroatoms. The van der Waals surface area contributed by atoms with E-state index in [9.17, 15) is 36.0 Å². The van der Waals surface area contributed by atoms with Crippen molar-refractivity contribution < 1.29 is 36.0 Å². The highest BCUT2D eigenvalue weighted by Gasteiger charge is 2.42. The summed E-state index contributed by atoms with van der Waals surface area (Å²) < 4.78 is 67.3. The second-order valence-electron chi connectivity index (χ2n) is 9.33. The van der Waals surface area contributed by atoms with Gasteiger partial charge >= 0.3 is 6.18 Å². The highest BCUT2D eigenvalue weighted by Crippen LogP contribution is 2.34. The second-order valence-corrected chi connectivity index (χ2v) is 11.2. The first-order valence-electron chi connectivity index (χ1n) is 12.0. The van der Waals surface area contributed by atoms with Gasteiger partial charge in [-0.1, -0.05) is 6.07 Å². The summed E-state index contributed by atoms with van der Waals surface area (Å²) in [7, 11) is -4.04. The number of nitrogens with zero attached hydrogens (tertiary/aromatic N) is 4. The van der Waals surface area contributed by atoms with E-state index in [1.54, 1.807) is 4.90 Å². The third-order valence-corrected chi connectivity index (χ3v) is 8.99. The molecular formula is C24H24F3N5O5S. The number of alkyl halides is 3. The van der Waals surface area contributed by atoms with E-state index in [0.29, 0.717) is 24.3 Å². The number of aromatic nitrogens is 1. The number of nitrogens with one attached hydrogen (secondary N) is 1. The number of benzene rings is 1. The van der Waals surface area contributed by atoms with Gasteiger partial charge in [-0.15, -0.1) is 0 Å². The summed E-state index contributed by atoms with van der Waals surface area (Å²) in [5.74, 6) is -1.15. The maximum Gasteiger partial charge on any atom is 0.417 e. The van der Waals surface area contributed by atoms with E-state index >= 15 is 0 Å². The number of rotatable bonds is 4. The van der Waals surface area contributed by atoms with Crippen molar-refractivity contribution in [3.8, 4) is 0 Å². The Morgan fingerprint density at radius 1 is 1.00 bits per heavy atom. The fraction of sp³-hybridized carbons (Fsp3) is 0.417. The molecule has 0 bridgehead atoms. The molecule has 38 heavy (non-hydrogen) atoms. The zero-order valence-electron chi connectivity index (χ0n) is 20.1.